The van der Waals surface area contributed by atoms with E-state index in [1.807, 2.05) is 13.8 Å². The monoisotopic (exact) mass is 362 g/mol. The third-order valence-electron chi connectivity index (χ3n) is 4.65. The predicted molar refractivity (Wildman–Crippen MR) is 95.7 cm³/mol. The molecule has 7 nitrogen and oxygen atoms in total. The molecule has 1 saturated heterocycles. The van der Waals surface area contributed by atoms with Gasteiger partial charge in [0, 0.05) is 24.9 Å². The first-order chi connectivity index (χ1) is 12.3. The highest BCUT2D eigenvalue weighted by atomic mass is 16.5. The van der Waals surface area contributed by atoms with Crippen LogP contribution in [0.15, 0.2) is 24.3 Å². The Bertz CT molecular complexity index is 648. The van der Waals surface area contributed by atoms with E-state index in [4.69, 9.17) is 4.74 Å². The van der Waals surface area contributed by atoms with Gasteiger partial charge in [0.05, 0.1) is 7.11 Å². The summed E-state index contributed by atoms with van der Waals surface area (Å²) in [5.41, 5.74) is 0.485. The summed E-state index contributed by atoms with van der Waals surface area (Å²) in [4.78, 5) is 37.9. The Morgan fingerprint density at radius 3 is 2.19 bits per heavy atom. The lowest BCUT2D eigenvalue weighted by Gasteiger charge is -2.33. The summed E-state index contributed by atoms with van der Waals surface area (Å²) in [5.74, 6) is -1.05. The molecule has 2 N–H and O–H groups in total. The van der Waals surface area contributed by atoms with Crippen molar-refractivity contribution in [3.8, 4) is 5.75 Å². The minimum absolute atomic E-state index is 0.0631. The first-order valence-electron chi connectivity index (χ1n) is 8.79. The number of nitrogens with one attached hydrogen (secondary N) is 1. The molecule has 142 valence electrons. The third-order valence-corrected chi connectivity index (χ3v) is 4.65. The Labute approximate surface area is 153 Å². The molecule has 1 aromatic rings. The van der Waals surface area contributed by atoms with Crippen LogP contribution in [0.2, 0.25) is 0 Å². The average Bonchev–Trinajstić information content (AvgIpc) is 2.65. The molecule has 1 unspecified atom stereocenters. The molecular weight excluding hydrogens is 336 g/mol. The first-order valence-corrected chi connectivity index (χ1v) is 8.79. The van der Waals surface area contributed by atoms with Crippen molar-refractivity contribution in [1.82, 2.24) is 10.2 Å². The van der Waals surface area contributed by atoms with Crippen LogP contribution in [0.3, 0.4) is 0 Å². The molecule has 2 amide bonds. The van der Waals surface area contributed by atoms with E-state index in [0.717, 1.165) is 0 Å². The lowest BCUT2D eigenvalue weighted by Crippen LogP contribution is -2.45. The van der Waals surface area contributed by atoms with Crippen molar-refractivity contribution >= 4 is 17.8 Å². The second kappa shape index (κ2) is 8.69. The first kappa shape index (κ1) is 19.8. The number of nitrogens with zero attached hydrogens (tertiary/aromatic N) is 1. The molecule has 0 bridgehead atoms. The summed E-state index contributed by atoms with van der Waals surface area (Å²) in [6, 6.07) is 5.47. The number of rotatable bonds is 6. The van der Waals surface area contributed by atoms with Gasteiger partial charge in [0.2, 0.25) is 11.8 Å². The molecule has 26 heavy (non-hydrogen) atoms. The molecule has 0 saturated carbocycles. The van der Waals surface area contributed by atoms with Gasteiger partial charge < -0.3 is 20.1 Å². The van der Waals surface area contributed by atoms with Crippen LogP contribution >= 0.6 is 0 Å². The van der Waals surface area contributed by atoms with E-state index in [0.29, 0.717) is 37.2 Å². The number of aliphatic carboxylic acids is 1. The molecule has 0 aromatic heterocycles. The molecule has 1 atom stereocenters. The van der Waals surface area contributed by atoms with Crippen LogP contribution < -0.4 is 10.1 Å². The number of ether oxygens (including phenoxy) is 1. The largest absolute Gasteiger partial charge is 0.497 e. The zero-order valence-corrected chi connectivity index (χ0v) is 15.4. The zero-order valence-electron chi connectivity index (χ0n) is 15.4. The summed E-state index contributed by atoms with van der Waals surface area (Å²) in [7, 11) is 1.53. The number of carboxylic acid groups (broad SMARTS) is 1. The highest BCUT2D eigenvalue weighted by Gasteiger charge is 2.31. The fourth-order valence-corrected chi connectivity index (χ4v) is 3.07. The van der Waals surface area contributed by atoms with Crippen LogP contribution in [0.1, 0.15) is 38.3 Å². The fourth-order valence-electron chi connectivity index (χ4n) is 3.07. The maximum absolute atomic E-state index is 12.5. The van der Waals surface area contributed by atoms with Crippen molar-refractivity contribution in [3.05, 3.63) is 29.8 Å². The van der Waals surface area contributed by atoms with Crippen molar-refractivity contribution in [2.75, 3.05) is 20.2 Å². The maximum Gasteiger partial charge on any atom is 0.330 e. The number of methoxy groups -OCH3 is 1. The van der Waals surface area contributed by atoms with E-state index < -0.39 is 12.0 Å². The van der Waals surface area contributed by atoms with Crippen molar-refractivity contribution in [2.45, 2.75) is 32.7 Å². The van der Waals surface area contributed by atoms with Crippen molar-refractivity contribution in [1.29, 1.82) is 0 Å². The fraction of sp³-hybridized carbons (Fsp3) is 0.526. The van der Waals surface area contributed by atoms with Crippen LogP contribution in [-0.2, 0) is 14.4 Å². The van der Waals surface area contributed by atoms with Crippen LogP contribution in [0.25, 0.3) is 0 Å². The van der Waals surface area contributed by atoms with Gasteiger partial charge in [-0.05, 0) is 30.5 Å². The lowest BCUT2D eigenvalue weighted by atomic mass is 9.94. The summed E-state index contributed by atoms with van der Waals surface area (Å²) >= 11 is 0. The second-order valence-corrected chi connectivity index (χ2v) is 6.81. The predicted octanol–water partition coefficient (Wildman–Crippen LogP) is 1.83. The number of hydrogen-bond donors (Lipinski definition) is 2. The molecule has 1 aliphatic rings. The van der Waals surface area contributed by atoms with Gasteiger partial charge in [-0.15, -0.1) is 0 Å². The topological polar surface area (TPSA) is 95.9 Å². The highest BCUT2D eigenvalue weighted by Crippen LogP contribution is 2.22. The molecular formula is C19H26N2O5. The normalized spacial score (nSPS) is 16.2. The minimum atomic E-state index is -1.11. The number of likely N-dealkylation sites (tertiary alicyclic amines) is 1. The molecule has 0 radical (unpaired) electrons. The lowest BCUT2D eigenvalue weighted by molar-refractivity contribution is -0.143. The number of piperidine rings is 1. The maximum atomic E-state index is 12.5. The number of amides is 2. The number of carboxylic acids is 1. The number of benzene rings is 1. The van der Waals surface area contributed by atoms with Gasteiger partial charge in [0.1, 0.15) is 5.75 Å². The van der Waals surface area contributed by atoms with Gasteiger partial charge in [0.25, 0.3) is 0 Å². The molecule has 7 heteroatoms. The molecule has 0 spiro atoms. The standard InChI is InChI=1S/C19H26N2O5/c1-12(2)18(23)21-10-8-14(9-11-21)17(22)20-16(19(24)25)13-4-6-15(26-3)7-5-13/h4-7,12,14,16H,8-11H2,1-3H3,(H,20,22)(H,24,25). The average molecular weight is 362 g/mol. The quantitative estimate of drug-likeness (QED) is 0.805. The van der Waals surface area contributed by atoms with E-state index in [1.54, 1.807) is 29.2 Å². The molecule has 2 rings (SSSR count). The highest BCUT2D eigenvalue weighted by molar-refractivity contribution is 5.86. The van der Waals surface area contributed by atoms with Gasteiger partial charge in [-0.25, -0.2) is 4.79 Å². The third kappa shape index (κ3) is 4.74. The second-order valence-electron chi connectivity index (χ2n) is 6.81. The van der Waals surface area contributed by atoms with Gasteiger partial charge in [-0.2, -0.15) is 0 Å². The van der Waals surface area contributed by atoms with Gasteiger partial charge in [0.15, 0.2) is 6.04 Å². The minimum Gasteiger partial charge on any atom is -0.497 e. The SMILES string of the molecule is COc1ccc(C(NC(=O)C2CCN(C(=O)C(C)C)CC2)C(=O)O)cc1. The van der Waals surface area contributed by atoms with Gasteiger partial charge >= 0.3 is 5.97 Å². The van der Waals surface area contributed by atoms with Crippen LogP contribution in [0, 0.1) is 11.8 Å². The Hall–Kier alpha value is -2.57. The van der Waals surface area contributed by atoms with Gasteiger partial charge in [-0.1, -0.05) is 26.0 Å². The molecule has 1 fully saturated rings. The molecule has 1 heterocycles. The summed E-state index contributed by atoms with van der Waals surface area (Å²) < 4.78 is 5.06. The van der Waals surface area contributed by atoms with Crippen molar-refractivity contribution in [2.24, 2.45) is 11.8 Å². The van der Waals surface area contributed by atoms with Crippen LogP contribution in [0.4, 0.5) is 0 Å². The molecule has 0 aliphatic carbocycles. The van der Waals surface area contributed by atoms with Crippen molar-refractivity contribution in [3.63, 3.8) is 0 Å². The smallest absolute Gasteiger partial charge is 0.330 e. The number of hydrogen-bond acceptors (Lipinski definition) is 4. The van der Waals surface area contributed by atoms with E-state index in [2.05, 4.69) is 5.32 Å². The summed E-state index contributed by atoms with van der Waals surface area (Å²) in [6.07, 6.45) is 1.08. The van der Waals surface area contributed by atoms with Crippen molar-refractivity contribution < 1.29 is 24.2 Å². The zero-order chi connectivity index (χ0) is 19.3. The molecule has 1 aromatic carbocycles. The number of carbonyl (C=O) groups excluding carboxylic acids is 2. The summed E-state index contributed by atoms with van der Waals surface area (Å²) in [6.45, 7) is 4.76. The molecule has 1 aliphatic heterocycles. The summed E-state index contributed by atoms with van der Waals surface area (Å²) in [5, 5.41) is 12.1. The van der Waals surface area contributed by atoms with Crippen LogP contribution in [-0.4, -0.2) is 48.0 Å². The van der Waals surface area contributed by atoms with E-state index in [9.17, 15) is 19.5 Å². The van der Waals surface area contributed by atoms with Crippen LogP contribution in [0.5, 0.6) is 5.75 Å². The van der Waals surface area contributed by atoms with E-state index in [1.165, 1.54) is 7.11 Å². The van der Waals surface area contributed by atoms with Gasteiger partial charge in [-0.3, -0.25) is 9.59 Å². The Morgan fingerprint density at radius 1 is 1.15 bits per heavy atom. The Balaban J connectivity index is 1.98. The Kier molecular flexibility index (Phi) is 6.60. The Morgan fingerprint density at radius 2 is 1.73 bits per heavy atom. The van der Waals surface area contributed by atoms with E-state index >= 15 is 0 Å². The number of carbonyl (C=O) groups is 3. The van der Waals surface area contributed by atoms with E-state index in [-0.39, 0.29) is 23.7 Å².